The highest BCUT2D eigenvalue weighted by molar-refractivity contribution is 7.00. The molecule has 9 aromatic carbocycles. The van der Waals surface area contributed by atoms with Crippen molar-refractivity contribution >= 4 is 57.2 Å². The molecule has 0 unspecified atom stereocenters. The Labute approximate surface area is 334 Å². The number of hydrogen-bond donors (Lipinski definition) is 0. The molecule has 0 radical (unpaired) electrons. The first-order chi connectivity index (χ1) is 28.3. The maximum Gasteiger partial charge on any atom is 0.252 e. The van der Waals surface area contributed by atoms with Crippen LogP contribution in [-0.2, 0) is 0 Å². The molecule has 3 heteroatoms. The molecule has 2 nitrogen and oxygen atoms in total. The van der Waals surface area contributed by atoms with Crippen molar-refractivity contribution in [3.05, 3.63) is 224 Å². The summed E-state index contributed by atoms with van der Waals surface area (Å²) in [5, 5.41) is 0. The van der Waals surface area contributed by atoms with E-state index in [1.807, 2.05) is 0 Å². The Kier molecular flexibility index (Phi) is 7.96. The van der Waals surface area contributed by atoms with Crippen LogP contribution in [0.1, 0.15) is 0 Å². The van der Waals surface area contributed by atoms with Gasteiger partial charge in [0.1, 0.15) is 0 Å². The van der Waals surface area contributed by atoms with Gasteiger partial charge in [0.15, 0.2) is 0 Å². The first-order valence-electron chi connectivity index (χ1n) is 19.7. The van der Waals surface area contributed by atoms with Crippen molar-refractivity contribution in [3.8, 4) is 44.5 Å². The molecular formula is C54H37BN2. The molecule has 0 bridgehead atoms. The molecule has 0 saturated carbocycles. The maximum atomic E-state index is 2.48. The van der Waals surface area contributed by atoms with Gasteiger partial charge in [0.2, 0.25) is 0 Å². The van der Waals surface area contributed by atoms with Crippen molar-refractivity contribution in [1.82, 2.24) is 0 Å². The van der Waals surface area contributed by atoms with E-state index in [2.05, 4.69) is 234 Å². The Bertz CT molecular complexity index is 2680. The van der Waals surface area contributed by atoms with E-state index in [0.717, 1.165) is 11.4 Å². The van der Waals surface area contributed by atoms with Crippen molar-refractivity contribution in [2.45, 2.75) is 0 Å². The molecule has 0 saturated heterocycles. The molecule has 0 N–H and O–H groups in total. The fourth-order valence-corrected chi connectivity index (χ4v) is 8.99. The van der Waals surface area contributed by atoms with Gasteiger partial charge in [0, 0.05) is 34.1 Å². The highest BCUT2D eigenvalue weighted by atomic mass is 15.2. The molecular weight excluding hydrogens is 687 g/mol. The maximum absolute atomic E-state index is 2.48. The highest BCUT2D eigenvalue weighted by Gasteiger charge is 2.43. The molecule has 0 aliphatic carbocycles. The molecule has 0 spiro atoms. The van der Waals surface area contributed by atoms with E-state index in [4.69, 9.17) is 0 Å². The Balaban J connectivity index is 1.15. The molecule has 57 heavy (non-hydrogen) atoms. The fraction of sp³-hybridized carbons (Fsp3) is 0. The van der Waals surface area contributed by atoms with E-state index in [1.165, 1.54) is 83.6 Å². The largest absolute Gasteiger partial charge is 0.311 e. The van der Waals surface area contributed by atoms with Gasteiger partial charge in [-0.3, -0.25) is 0 Å². The van der Waals surface area contributed by atoms with E-state index in [1.54, 1.807) is 0 Å². The van der Waals surface area contributed by atoms with Crippen molar-refractivity contribution in [1.29, 1.82) is 0 Å². The Morgan fingerprint density at radius 1 is 0.246 bits per heavy atom. The first-order valence-corrected chi connectivity index (χ1v) is 19.7. The molecule has 0 aromatic heterocycles. The second-order valence-corrected chi connectivity index (χ2v) is 14.9. The Hall–Kier alpha value is -7.36. The van der Waals surface area contributed by atoms with Gasteiger partial charge in [-0.05, 0) is 109 Å². The number of hydrogen-bond acceptors (Lipinski definition) is 2. The van der Waals surface area contributed by atoms with Crippen LogP contribution in [0.5, 0.6) is 0 Å². The third-order valence-electron chi connectivity index (χ3n) is 11.7. The number of benzene rings is 9. The summed E-state index contributed by atoms with van der Waals surface area (Å²) in [6.07, 6.45) is 0. The van der Waals surface area contributed by atoms with Gasteiger partial charge in [-0.15, -0.1) is 0 Å². The lowest BCUT2D eigenvalue weighted by Gasteiger charge is -2.44. The topological polar surface area (TPSA) is 6.48 Å². The van der Waals surface area contributed by atoms with Gasteiger partial charge in [-0.2, -0.15) is 0 Å². The van der Waals surface area contributed by atoms with Crippen LogP contribution < -0.4 is 26.2 Å². The van der Waals surface area contributed by atoms with E-state index in [0.29, 0.717) is 0 Å². The number of nitrogens with zero attached hydrogens (tertiary/aromatic N) is 2. The predicted molar refractivity (Wildman–Crippen MR) is 242 cm³/mol. The zero-order valence-electron chi connectivity index (χ0n) is 31.3. The van der Waals surface area contributed by atoms with Gasteiger partial charge in [-0.25, -0.2) is 0 Å². The molecule has 9 aromatic rings. The lowest BCUT2D eigenvalue weighted by atomic mass is 9.33. The van der Waals surface area contributed by atoms with Crippen LogP contribution in [0.2, 0.25) is 0 Å². The van der Waals surface area contributed by atoms with Crippen LogP contribution in [0.25, 0.3) is 44.5 Å². The normalized spacial score (nSPS) is 12.5. The van der Waals surface area contributed by atoms with Crippen molar-refractivity contribution in [3.63, 3.8) is 0 Å². The number of fused-ring (bicyclic) bond motifs is 4. The minimum Gasteiger partial charge on any atom is -0.311 e. The van der Waals surface area contributed by atoms with Gasteiger partial charge in [0.05, 0.1) is 0 Å². The number of rotatable bonds is 6. The van der Waals surface area contributed by atoms with Crippen LogP contribution in [0.15, 0.2) is 224 Å². The molecule has 2 aliphatic heterocycles. The Morgan fingerprint density at radius 2 is 0.561 bits per heavy atom. The average Bonchev–Trinajstić information content (AvgIpc) is 3.30. The van der Waals surface area contributed by atoms with E-state index >= 15 is 0 Å². The van der Waals surface area contributed by atoms with Gasteiger partial charge >= 0.3 is 0 Å². The van der Waals surface area contributed by atoms with E-state index < -0.39 is 0 Å². The molecule has 2 heterocycles. The standard InChI is InChI=1S/C54H37BN2/c1-5-14-38(15-6-1)42-24-30-46(31-25-42)56-50-34-28-44(40-18-9-3-10-19-40)36-48(50)55-49-37-45(41-20-11-4-12-21-41)29-35-51(49)57(53-23-13-22-52(56)54(53)55)47-32-26-43(27-33-47)39-16-7-2-8-17-39/h1-37H. The van der Waals surface area contributed by atoms with Crippen molar-refractivity contribution < 1.29 is 0 Å². The summed E-state index contributed by atoms with van der Waals surface area (Å²) in [4.78, 5) is 4.97. The van der Waals surface area contributed by atoms with Crippen LogP contribution >= 0.6 is 0 Å². The lowest BCUT2D eigenvalue weighted by Crippen LogP contribution is -2.61. The SMILES string of the molecule is c1ccc(-c2ccc(N3c4ccc(-c5ccccc5)cc4B4c5cc(-c6ccccc6)ccc5N(c5ccc(-c6ccccc6)cc5)c5cccc3c54)cc2)cc1. The van der Waals surface area contributed by atoms with Gasteiger partial charge in [0.25, 0.3) is 6.71 Å². The second kappa shape index (κ2) is 13.7. The summed E-state index contributed by atoms with van der Waals surface area (Å²) >= 11 is 0. The molecule has 0 amide bonds. The highest BCUT2D eigenvalue weighted by Crippen LogP contribution is 2.45. The third kappa shape index (κ3) is 5.67. The molecule has 0 fully saturated rings. The molecule has 2 aliphatic rings. The quantitative estimate of drug-likeness (QED) is 0.158. The fourth-order valence-electron chi connectivity index (χ4n) is 8.99. The molecule has 266 valence electrons. The van der Waals surface area contributed by atoms with Gasteiger partial charge < -0.3 is 9.80 Å². The zero-order chi connectivity index (χ0) is 37.7. The van der Waals surface area contributed by atoms with Crippen LogP contribution in [0, 0.1) is 0 Å². The summed E-state index contributed by atoms with van der Waals surface area (Å²) in [5.74, 6) is 0. The van der Waals surface area contributed by atoms with Crippen molar-refractivity contribution in [2.24, 2.45) is 0 Å². The summed E-state index contributed by atoms with van der Waals surface area (Å²) < 4.78 is 0. The molecule has 11 rings (SSSR count). The van der Waals surface area contributed by atoms with Crippen LogP contribution in [0.4, 0.5) is 34.1 Å². The van der Waals surface area contributed by atoms with Gasteiger partial charge in [-0.1, -0.05) is 176 Å². The van der Waals surface area contributed by atoms with Crippen molar-refractivity contribution in [2.75, 3.05) is 9.80 Å². The monoisotopic (exact) mass is 724 g/mol. The summed E-state index contributed by atoms with van der Waals surface area (Å²) in [6, 6.07) is 82.0. The van der Waals surface area contributed by atoms with E-state index in [-0.39, 0.29) is 6.71 Å². The summed E-state index contributed by atoms with van der Waals surface area (Å²) in [6.45, 7) is 0.00760. The summed E-state index contributed by atoms with van der Waals surface area (Å²) in [7, 11) is 0. The number of anilines is 6. The average molecular weight is 725 g/mol. The zero-order valence-corrected chi connectivity index (χ0v) is 31.3. The summed E-state index contributed by atoms with van der Waals surface area (Å²) in [5.41, 5.74) is 20.7. The first kappa shape index (κ1) is 33.0. The van der Waals surface area contributed by atoms with Crippen LogP contribution in [0.3, 0.4) is 0 Å². The molecule has 0 atom stereocenters. The Morgan fingerprint density at radius 3 is 0.930 bits per heavy atom. The predicted octanol–water partition coefficient (Wildman–Crippen LogP) is 12.4. The van der Waals surface area contributed by atoms with Crippen LogP contribution in [-0.4, -0.2) is 6.71 Å². The van der Waals surface area contributed by atoms with E-state index in [9.17, 15) is 0 Å². The lowest BCUT2D eigenvalue weighted by molar-refractivity contribution is 1.25. The minimum atomic E-state index is 0.00760. The third-order valence-corrected chi connectivity index (χ3v) is 11.7. The minimum absolute atomic E-state index is 0.00760. The smallest absolute Gasteiger partial charge is 0.252 e. The second-order valence-electron chi connectivity index (χ2n) is 14.9.